The van der Waals surface area contributed by atoms with E-state index >= 15 is 0 Å². The Kier molecular flexibility index (Phi) is 6.48. The van der Waals surface area contributed by atoms with Crippen molar-refractivity contribution >= 4 is 28.8 Å². The Morgan fingerprint density at radius 2 is 1.84 bits per heavy atom. The molecule has 0 radical (unpaired) electrons. The second kappa shape index (κ2) is 8.81. The summed E-state index contributed by atoms with van der Waals surface area (Å²) in [5, 5.41) is 5.96. The molecule has 3 N–H and O–H groups in total. The van der Waals surface area contributed by atoms with E-state index in [9.17, 15) is 4.79 Å². The summed E-state index contributed by atoms with van der Waals surface area (Å²) in [6.07, 6.45) is 0. The highest BCUT2D eigenvalue weighted by Crippen LogP contribution is 2.15. The maximum absolute atomic E-state index is 12.3. The van der Waals surface area contributed by atoms with Crippen molar-refractivity contribution in [2.45, 2.75) is 19.5 Å². The van der Waals surface area contributed by atoms with Crippen molar-refractivity contribution in [3.05, 3.63) is 57.2 Å². The molecule has 1 aliphatic heterocycles. The molecular formula is C19H26ClN3OS+2. The van der Waals surface area contributed by atoms with Crippen molar-refractivity contribution in [1.82, 2.24) is 5.32 Å². The fraction of sp³-hybridized carbons (Fsp3) is 0.421. The molecule has 3 rings (SSSR count). The topological polar surface area (TPSA) is 38.0 Å². The quantitative estimate of drug-likeness (QED) is 0.674. The van der Waals surface area contributed by atoms with Gasteiger partial charge in [0.2, 0.25) is 0 Å². The van der Waals surface area contributed by atoms with Gasteiger partial charge in [0.05, 0.1) is 10.9 Å². The second-order valence-corrected chi connectivity index (χ2v) is 8.24. The highest BCUT2D eigenvalue weighted by molar-refractivity contribution is 7.09. The summed E-state index contributed by atoms with van der Waals surface area (Å²) in [5.74, 6) is 0.124. The highest BCUT2D eigenvalue weighted by Gasteiger charge is 2.25. The number of rotatable bonds is 6. The molecule has 1 fully saturated rings. The molecule has 1 saturated heterocycles. The predicted octanol–water partition coefficient (Wildman–Crippen LogP) is 0.562. The Morgan fingerprint density at radius 1 is 1.16 bits per heavy atom. The lowest BCUT2D eigenvalue weighted by atomic mass is 10.1. The molecule has 2 heterocycles. The molecule has 6 heteroatoms. The zero-order valence-electron chi connectivity index (χ0n) is 14.6. The van der Waals surface area contributed by atoms with Gasteiger partial charge >= 0.3 is 0 Å². The summed E-state index contributed by atoms with van der Waals surface area (Å²) in [4.78, 5) is 16.8. The van der Waals surface area contributed by atoms with Gasteiger partial charge in [-0.3, -0.25) is 4.79 Å². The van der Waals surface area contributed by atoms with E-state index < -0.39 is 0 Å². The van der Waals surface area contributed by atoms with Crippen LogP contribution in [-0.2, 0) is 11.3 Å². The maximum atomic E-state index is 12.3. The molecular weight excluding hydrogens is 354 g/mol. The fourth-order valence-electron chi connectivity index (χ4n) is 3.32. The van der Waals surface area contributed by atoms with E-state index in [0.29, 0.717) is 6.54 Å². The smallest absolute Gasteiger partial charge is 0.275 e. The molecule has 1 atom stereocenters. The van der Waals surface area contributed by atoms with Crippen LogP contribution in [0, 0.1) is 0 Å². The van der Waals surface area contributed by atoms with Crippen LogP contribution in [-0.4, -0.2) is 38.6 Å². The van der Waals surface area contributed by atoms with Crippen LogP contribution in [0.3, 0.4) is 0 Å². The molecule has 25 heavy (non-hydrogen) atoms. The van der Waals surface area contributed by atoms with E-state index in [1.165, 1.54) is 9.78 Å². The summed E-state index contributed by atoms with van der Waals surface area (Å²) >= 11 is 7.75. The first-order valence-corrected chi connectivity index (χ1v) is 10.1. The van der Waals surface area contributed by atoms with Crippen LogP contribution >= 0.6 is 22.9 Å². The van der Waals surface area contributed by atoms with Gasteiger partial charge in [0.15, 0.2) is 6.54 Å². The third-order valence-corrected chi connectivity index (χ3v) is 5.95. The molecule has 0 aliphatic carbocycles. The Hall–Kier alpha value is -1.40. The molecule has 1 aromatic carbocycles. The van der Waals surface area contributed by atoms with Gasteiger partial charge in [-0.25, -0.2) is 0 Å². The van der Waals surface area contributed by atoms with Crippen LogP contribution in [0.1, 0.15) is 23.4 Å². The van der Waals surface area contributed by atoms with Crippen molar-refractivity contribution in [3.8, 4) is 0 Å². The number of carbonyl (C=O) groups is 1. The largest absolute Gasteiger partial charge is 0.345 e. The van der Waals surface area contributed by atoms with Crippen LogP contribution in [0.15, 0.2) is 41.8 Å². The lowest BCUT2D eigenvalue weighted by Crippen LogP contribution is -3.28. The van der Waals surface area contributed by atoms with Crippen molar-refractivity contribution in [2.75, 3.05) is 32.7 Å². The number of nitrogens with one attached hydrogen (secondary N) is 3. The number of thiophene rings is 1. The minimum Gasteiger partial charge on any atom is -0.345 e. The summed E-state index contributed by atoms with van der Waals surface area (Å²) in [6.45, 7) is 8.07. The minimum atomic E-state index is 0.00918. The summed E-state index contributed by atoms with van der Waals surface area (Å²) in [7, 11) is 0. The van der Waals surface area contributed by atoms with Gasteiger partial charge in [-0.05, 0) is 36.1 Å². The lowest BCUT2D eigenvalue weighted by molar-refractivity contribution is -1.01. The number of benzene rings is 1. The molecule has 134 valence electrons. The molecule has 0 saturated carbocycles. The number of amides is 1. The third-order valence-electron chi connectivity index (χ3n) is 4.83. The summed E-state index contributed by atoms with van der Waals surface area (Å²) < 4.78 is 0. The van der Waals surface area contributed by atoms with E-state index in [2.05, 4.69) is 22.8 Å². The van der Waals surface area contributed by atoms with E-state index in [1.54, 1.807) is 4.90 Å². The normalized spacial score (nSPS) is 21.7. The third kappa shape index (κ3) is 5.54. The predicted molar refractivity (Wildman–Crippen MR) is 102 cm³/mol. The molecule has 2 aromatic rings. The standard InChI is InChI=1S/C19H24ClN3OS/c1-15(16-4-6-17(20)7-5-16)21-19(24)14-23-10-8-22(9-11-23)13-18-3-2-12-25-18/h2-7,12,15H,8-11,13-14H2,1H3,(H,21,24)/p+2/t15-/m0/s1. The van der Waals surface area contributed by atoms with Crippen molar-refractivity contribution < 1.29 is 14.6 Å². The first-order chi connectivity index (χ1) is 12.1. The number of carbonyl (C=O) groups excluding carboxylic acids is 1. The molecule has 0 unspecified atom stereocenters. The molecule has 4 nitrogen and oxygen atoms in total. The monoisotopic (exact) mass is 379 g/mol. The molecule has 1 amide bonds. The molecule has 1 aliphatic rings. The van der Waals surface area contributed by atoms with E-state index in [-0.39, 0.29) is 11.9 Å². The van der Waals surface area contributed by atoms with Gasteiger partial charge in [-0.2, -0.15) is 0 Å². The minimum absolute atomic E-state index is 0.00918. The van der Waals surface area contributed by atoms with Gasteiger partial charge in [0.1, 0.15) is 32.7 Å². The van der Waals surface area contributed by atoms with Crippen LogP contribution < -0.4 is 15.1 Å². The molecule has 1 aromatic heterocycles. The van der Waals surface area contributed by atoms with Crippen LogP contribution in [0.2, 0.25) is 5.02 Å². The second-order valence-electron chi connectivity index (χ2n) is 6.77. The number of piperazine rings is 1. The highest BCUT2D eigenvalue weighted by atomic mass is 35.5. The Balaban J connectivity index is 1.40. The lowest BCUT2D eigenvalue weighted by Gasteiger charge is -2.29. The fourth-order valence-corrected chi connectivity index (χ4v) is 4.23. The Labute approximate surface area is 158 Å². The van der Waals surface area contributed by atoms with E-state index in [1.807, 2.05) is 42.5 Å². The van der Waals surface area contributed by atoms with Crippen LogP contribution in [0.5, 0.6) is 0 Å². The van der Waals surface area contributed by atoms with Gasteiger partial charge < -0.3 is 15.1 Å². The van der Waals surface area contributed by atoms with Gasteiger partial charge in [0, 0.05) is 5.02 Å². The van der Waals surface area contributed by atoms with Gasteiger partial charge in [-0.15, -0.1) is 11.3 Å². The van der Waals surface area contributed by atoms with Crippen LogP contribution in [0.4, 0.5) is 0 Å². The van der Waals surface area contributed by atoms with Gasteiger partial charge in [0.25, 0.3) is 5.91 Å². The number of halogens is 1. The Morgan fingerprint density at radius 3 is 2.48 bits per heavy atom. The van der Waals surface area contributed by atoms with Crippen molar-refractivity contribution in [3.63, 3.8) is 0 Å². The zero-order chi connectivity index (χ0) is 17.6. The molecule has 0 spiro atoms. The number of hydrogen-bond acceptors (Lipinski definition) is 2. The number of hydrogen-bond donors (Lipinski definition) is 3. The SMILES string of the molecule is C[C@H](NC(=O)C[NH+]1CC[NH+](Cc2cccs2)CC1)c1ccc(Cl)cc1. The molecule has 0 bridgehead atoms. The average molecular weight is 380 g/mol. The average Bonchev–Trinajstić information content (AvgIpc) is 3.10. The summed E-state index contributed by atoms with van der Waals surface area (Å²) in [5.41, 5.74) is 1.08. The summed E-state index contributed by atoms with van der Waals surface area (Å²) in [6, 6.07) is 12.0. The number of quaternary nitrogens is 2. The van der Waals surface area contributed by atoms with Crippen LogP contribution in [0.25, 0.3) is 0 Å². The zero-order valence-corrected chi connectivity index (χ0v) is 16.1. The van der Waals surface area contributed by atoms with E-state index in [0.717, 1.165) is 43.3 Å². The Bertz CT molecular complexity index is 666. The van der Waals surface area contributed by atoms with Crippen molar-refractivity contribution in [2.24, 2.45) is 0 Å². The first-order valence-electron chi connectivity index (χ1n) is 8.84. The van der Waals surface area contributed by atoms with E-state index in [4.69, 9.17) is 11.6 Å². The van der Waals surface area contributed by atoms with Crippen molar-refractivity contribution in [1.29, 1.82) is 0 Å². The maximum Gasteiger partial charge on any atom is 0.275 e. The van der Waals surface area contributed by atoms with Gasteiger partial charge in [-0.1, -0.05) is 29.8 Å². The first kappa shape index (κ1) is 18.4.